The average Bonchev–Trinajstić information content (AvgIpc) is 3.26. The molecule has 3 fully saturated rings. The van der Waals surface area contributed by atoms with Gasteiger partial charge in [-0.1, -0.05) is 29.3 Å². The van der Waals surface area contributed by atoms with E-state index in [4.69, 9.17) is 27.9 Å². The Morgan fingerprint density at radius 1 is 1.04 bits per heavy atom. The first-order chi connectivity index (χ1) is 13.0. The van der Waals surface area contributed by atoms with Gasteiger partial charge in [0, 0.05) is 48.3 Å². The largest absolute Gasteiger partial charge is 0.481 e. The summed E-state index contributed by atoms with van der Waals surface area (Å²) in [4.78, 5) is 28.6. The second-order valence-corrected chi connectivity index (χ2v) is 8.30. The van der Waals surface area contributed by atoms with Crippen molar-refractivity contribution in [2.75, 3.05) is 26.2 Å². The number of piperazine rings is 1. The van der Waals surface area contributed by atoms with Crippen molar-refractivity contribution in [2.45, 2.75) is 31.6 Å². The zero-order chi connectivity index (χ0) is 19.1. The van der Waals surface area contributed by atoms with E-state index in [0.29, 0.717) is 42.8 Å². The minimum absolute atomic E-state index is 0.0787. The van der Waals surface area contributed by atoms with Crippen molar-refractivity contribution in [1.29, 1.82) is 0 Å². The Morgan fingerprint density at radius 2 is 1.63 bits per heavy atom. The van der Waals surface area contributed by atoms with E-state index in [1.54, 1.807) is 4.90 Å². The number of carbonyl (C=O) groups is 2. The predicted octanol–water partition coefficient (Wildman–Crippen LogP) is 2.52. The number of hydrogen-bond donors (Lipinski definition) is 1. The Hall–Kier alpha value is -1.34. The Labute approximate surface area is 168 Å². The van der Waals surface area contributed by atoms with Crippen LogP contribution in [0, 0.1) is 11.8 Å². The highest BCUT2D eigenvalue weighted by atomic mass is 35.5. The number of nitrogens with zero attached hydrogens (tertiary/aromatic N) is 2. The van der Waals surface area contributed by atoms with Gasteiger partial charge >= 0.3 is 5.97 Å². The zero-order valence-corrected chi connectivity index (χ0v) is 16.3. The molecule has 3 saturated heterocycles. The number of carboxylic acid groups (broad SMARTS) is 1. The molecule has 0 radical (unpaired) electrons. The van der Waals surface area contributed by atoms with Crippen LogP contribution in [0.1, 0.15) is 18.4 Å². The van der Waals surface area contributed by atoms with Crippen LogP contribution in [-0.2, 0) is 20.9 Å². The van der Waals surface area contributed by atoms with Crippen LogP contribution >= 0.6 is 23.2 Å². The van der Waals surface area contributed by atoms with Crippen molar-refractivity contribution < 1.29 is 19.4 Å². The summed E-state index contributed by atoms with van der Waals surface area (Å²) in [6.07, 6.45) is 0.946. The van der Waals surface area contributed by atoms with Gasteiger partial charge in [0.1, 0.15) is 0 Å². The molecular weight excluding hydrogens is 391 g/mol. The summed E-state index contributed by atoms with van der Waals surface area (Å²) in [7, 11) is 0. The molecule has 3 heterocycles. The van der Waals surface area contributed by atoms with Crippen LogP contribution in [-0.4, -0.2) is 65.2 Å². The number of carboxylic acids is 1. The fourth-order valence-corrected chi connectivity index (χ4v) is 5.07. The Kier molecular flexibility index (Phi) is 5.34. The highest BCUT2D eigenvalue weighted by Crippen LogP contribution is 2.44. The highest BCUT2D eigenvalue weighted by Gasteiger charge is 2.56. The van der Waals surface area contributed by atoms with E-state index in [2.05, 4.69) is 4.90 Å². The summed E-state index contributed by atoms with van der Waals surface area (Å²) in [6, 6.07) is 5.47. The number of aliphatic carboxylic acids is 1. The molecule has 8 heteroatoms. The monoisotopic (exact) mass is 412 g/mol. The second-order valence-electron chi connectivity index (χ2n) is 7.48. The third-order valence-corrected chi connectivity index (χ3v) is 6.68. The molecule has 3 aliphatic heterocycles. The summed E-state index contributed by atoms with van der Waals surface area (Å²) < 4.78 is 5.73. The maximum atomic E-state index is 13.0. The molecule has 6 nitrogen and oxygen atoms in total. The van der Waals surface area contributed by atoms with E-state index in [0.717, 1.165) is 18.4 Å². The van der Waals surface area contributed by atoms with Gasteiger partial charge in [-0.15, -0.1) is 0 Å². The number of fused-ring (bicyclic) bond motifs is 2. The lowest BCUT2D eigenvalue weighted by Crippen LogP contribution is -2.53. The molecule has 4 rings (SSSR count). The molecule has 0 unspecified atom stereocenters. The number of carbonyl (C=O) groups excluding carboxylic acids is 1. The first-order valence-electron chi connectivity index (χ1n) is 9.28. The van der Waals surface area contributed by atoms with Gasteiger partial charge in [-0.05, 0) is 25.0 Å². The van der Waals surface area contributed by atoms with Crippen LogP contribution in [0.3, 0.4) is 0 Å². The van der Waals surface area contributed by atoms with E-state index < -0.39 is 17.8 Å². The molecule has 4 atom stereocenters. The zero-order valence-electron chi connectivity index (χ0n) is 14.8. The second kappa shape index (κ2) is 7.59. The third-order valence-electron chi connectivity index (χ3n) is 5.97. The number of hydrogen-bond acceptors (Lipinski definition) is 4. The van der Waals surface area contributed by atoms with Gasteiger partial charge in [0.25, 0.3) is 0 Å². The Balaban J connectivity index is 1.38. The minimum atomic E-state index is -0.924. The van der Waals surface area contributed by atoms with Crippen LogP contribution in [0.5, 0.6) is 0 Å². The van der Waals surface area contributed by atoms with Crippen LogP contribution in [0.4, 0.5) is 0 Å². The molecular formula is C19H22Cl2N2O4. The predicted molar refractivity (Wildman–Crippen MR) is 101 cm³/mol. The normalized spacial score (nSPS) is 30.7. The van der Waals surface area contributed by atoms with E-state index in [-0.39, 0.29) is 18.1 Å². The Bertz CT molecular complexity index is 731. The molecule has 3 aliphatic rings. The van der Waals surface area contributed by atoms with Gasteiger partial charge in [0.15, 0.2) is 0 Å². The van der Waals surface area contributed by atoms with Gasteiger partial charge in [0.2, 0.25) is 5.91 Å². The smallest absolute Gasteiger partial charge is 0.310 e. The fourth-order valence-electron chi connectivity index (χ4n) is 4.55. The fraction of sp³-hybridized carbons (Fsp3) is 0.579. The standard InChI is InChI=1S/C19H22Cl2N2O4/c20-12-2-1-3-13(21)11(12)10-22-6-8-23(9-7-22)18(24)16-14-4-5-15(27-14)17(16)19(25)26/h1-3,14-17H,4-10H2,(H,25,26)/t14-,15-,16-,17-/m0/s1. The number of rotatable bonds is 4. The van der Waals surface area contributed by atoms with E-state index >= 15 is 0 Å². The van der Waals surface area contributed by atoms with Crippen molar-refractivity contribution in [1.82, 2.24) is 9.80 Å². The summed E-state index contributed by atoms with van der Waals surface area (Å²) in [5, 5.41) is 10.8. The van der Waals surface area contributed by atoms with Crippen LogP contribution in [0.2, 0.25) is 10.0 Å². The summed E-state index contributed by atoms with van der Waals surface area (Å²) in [6.45, 7) is 3.18. The summed E-state index contributed by atoms with van der Waals surface area (Å²) in [5.74, 6) is -2.26. The number of amides is 1. The molecule has 0 saturated carbocycles. The summed E-state index contributed by atoms with van der Waals surface area (Å²) in [5.41, 5.74) is 0.896. The third kappa shape index (κ3) is 3.56. The number of halogens is 2. The lowest BCUT2D eigenvalue weighted by atomic mass is 9.78. The van der Waals surface area contributed by atoms with Crippen molar-refractivity contribution in [2.24, 2.45) is 11.8 Å². The van der Waals surface area contributed by atoms with E-state index in [1.807, 2.05) is 18.2 Å². The molecule has 1 N–H and O–H groups in total. The maximum Gasteiger partial charge on any atom is 0.310 e. The van der Waals surface area contributed by atoms with Crippen molar-refractivity contribution >= 4 is 35.1 Å². The topological polar surface area (TPSA) is 70.1 Å². The molecule has 1 aromatic carbocycles. The molecule has 2 bridgehead atoms. The first-order valence-corrected chi connectivity index (χ1v) is 10.0. The van der Waals surface area contributed by atoms with E-state index in [9.17, 15) is 14.7 Å². The van der Waals surface area contributed by atoms with Gasteiger partial charge in [0.05, 0.1) is 24.0 Å². The van der Waals surface area contributed by atoms with Crippen molar-refractivity contribution in [3.63, 3.8) is 0 Å². The molecule has 0 aromatic heterocycles. The molecule has 0 aliphatic carbocycles. The van der Waals surface area contributed by atoms with Gasteiger partial charge in [-0.3, -0.25) is 14.5 Å². The van der Waals surface area contributed by atoms with Gasteiger partial charge in [-0.2, -0.15) is 0 Å². The Morgan fingerprint density at radius 3 is 2.22 bits per heavy atom. The van der Waals surface area contributed by atoms with Crippen LogP contribution < -0.4 is 0 Å². The molecule has 1 aromatic rings. The molecule has 146 valence electrons. The van der Waals surface area contributed by atoms with Crippen LogP contribution in [0.15, 0.2) is 18.2 Å². The number of ether oxygens (including phenoxy) is 1. The lowest BCUT2D eigenvalue weighted by molar-refractivity contribution is -0.151. The minimum Gasteiger partial charge on any atom is -0.481 e. The van der Waals surface area contributed by atoms with Crippen molar-refractivity contribution in [3.05, 3.63) is 33.8 Å². The van der Waals surface area contributed by atoms with E-state index in [1.165, 1.54) is 0 Å². The summed E-state index contributed by atoms with van der Waals surface area (Å²) >= 11 is 12.5. The van der Waals surface area contributed by atoms with Crippen LogP contribution in [0.25, 0.3) is 0 Å². The quantitative estimate of drug-likeness (QED) is 0.822. The SMILES string of the molecule is O=C(O)[C@@H]1[C@@H](C(=O)N2CCN(Cc3c(Cl)cccc3Cl)CC2)[C@@H]2CC[C@@H]1O2. The molecule has 27 heavy (non-hydrogen) atoms. The highest BCUT2D eigenvalue weighted by molar-refractivity contribution is 6.35. The number of benzene rings is 1. The van der Waals surface area contributed by atoms with Crippen molar-refractivity contribution in [3.8, 4) is 0 Å². The lowest BCUT2D eigenvalue weighted by Gasteiger charge is -2.37. The van der Waals surface area contributed by atoms with Gasteiger partial charge in [-0.25, -0.2) is 0 Å². The van der Waals surface area contributed by atoms with Gasteiger partial charge < -0.3 is 14.7 Å². The molecule has 1 amide bonds. The molecule has 0 spiro atoms. The average molecular weight is 413 g/mol. The first kappa shape index (κ1) is 19.0. The maximum absolute atomic E-state index is 13.0.